The second-order valence-corrected chi connectivity index (χ2v) is 9.61. The van der Waals surface area contributed by atoms with Gasteiger partial charge in [-0.25, -0.2) is 23.4 Å². The maximum Gasteiger partial charge on any atom is 0.228 e. The molecule has 0 radical (unpaired) electrons. The lowest BCUT2D eigenvalue weighted by molar-refractivity contribution is 0.264. The van der Waals surface area contributed by atoms with Crippen molar-refractivity contribution in [3.8, 4) is 0 Å². The van der Waals surface area contributed by atoms with Crippen LogP contribution in [0.25, 0.3) is 0 Å². The van der Waals surface area contributed by atoms with Gasteiger partial charge in [-0.15, -0.1) is 0 Å². The van der Waals surface area contributed by atoms with E-state index in [0.717, 1.165) is 50.2 Å². The highest BCUT2D eigenvalue weighted by Gasteiger charge is 2.43. The summed E-state index contributed by atoms with van der Waals surface area (Å²) in [7, 11) is 0. The smallest absolute Gasteiger partial charge is 0.228 e. The molecule has 1 aliphatic carbocycles. The minimum atomic E-state index is -0.849. The zero-order valence-corrected chi connectivity index (χ0v) is 18.8. The van der Waals surface area contributed by atoms with Gasteiger partial charge in [-0.2, -0.15) is 10.1 Å². The molecule has 1 saturated heterocycles. The zero-order valence-electron chi connectivity index (χ0n) is 18.0. The number of rotatable bonds is 4. The molecule has 2 aromatic heterocycles. The van der Waals surface area contributed by atoms with Gasteiger partial charge in [-0.1, -0.05) is 11.6 Å². The molecule has 0 spiro atoms. The SMILES string of the molecule is Fc1ccc(N2CCCn3nc(CC4[C@@H]5CC[C@H]4CN(c4cc(Cl)ncn4)C5)nc32)cc1F. The van der Waals surface area contributed by atoms with Gasteiger partial charge in [0, 0.05) is 50.4 Å². The first-order chi connectivity index (χ1) is 16.0. The maximum atomic E-state index is 13.8. The van der Waals surface area contributed by atoms with E-state index >= 15 is 0 Å². The van der Waals surface area contributed by atoms with Crippen molar-refractivity contribution < 1.29 is 8.78 Å². The summed E-state index contributed by atoms with van der Waals surface area (Å²) < 4.78 is 29.2. The molecule has 1 aromatic carbocycles. The Morgan fingerprint density at radius 3 is 2.58 bits per heavy atom. The van der Waals surface area contributed by atoms with Crippen molar-refractivity contribution in [3.05, 3.63) is 53.2 Å². The zero-order chi connectivity index (χ0) is 22.5. The van der Waals surface area contributed by atoms with E-state index < -0.39 is 11.6 Å². The molecule has 2 bridgehead atoms. The molecule has 172 valence electrons. The Balaban J connectivity index is 1.21. The summed E-state index contributed by atoms with van der Waals surface area (Å²) in [6.07, 6.45) is 5.61. The van der Waals surface area contributed by atoms with Gasteiger partial charge < -0.3 is 9.80 Å². The summed E-state index contributed by atoms with van der Waals surface area (Å²) in [4.78, 5) is 17.5. The molecule has 1 unspecified atom stereocenters. The van der Waals surface area contributed by atoms with Gasteiger partial charge in [-0.05, 0) is 49.1 Å². The molecule has 0 amide bonds. The topological polar surface area (TPSA) is 63.0 Å². The highest BCUT2D eigenvalue weighted by Crippen LogP contribution is 2.44. The molecule has 7 nitrogen and oxygen atoms in total. The third kappa shape index (κ3) is 3.82. The number of nitrogens with zero attached hydrogens (tertiary/aromatic N) is 7. The van der Waals surface area contributed by atoms with Crippen LogP contribution in [0, 0.1) is 29.4 Å². The monoisotopic (exact) mass is 471 g/mol. The first-order valence-corrected chi connectivity index (χ1v) is 11.8. The van der Waals surface area contributed by atoms with Crippen LogP contribution in [0.1, 0.15) is 25.1 Å². The van der Waals surface area contributed by atoms with Crippen LogP contribution < -0.4 is 9.80 Å². The summed E-state index contributed by atoms with van der Waals surface area (Å²) in [6.45, 7) is 3.38. The van der Waals surface area contributed by atoms with Crippen LogP contribution in [0.4, 0.5) is 26.2 Å². The Morgan fingerprint density at radius 2 is 1.82 bits per heavy atom. The minimum Gasteiger partial charge on any atom is -0.356 e. The van der Waals surface area contributed by atoms with Crippen LogP contribution in [0.3, 0.4) is 0 Å². The second-order valence-electron chi connectivity index (χ2n) is 9.22. The van der Waals surface area contributed by atoms with E-state index in [0.29, 0.717) is 41.1 Å². The van der Waals surface area contributed by atoms with E-state index in [4.69, 9.17) is 21.7 Å². The van der Waals surface area contributed by atoms with Crippen LogP contribution in [0.5, 0.6) is 0 Å². The molecule has 10 heteroatoms. The van der Waals surface area contributed by atoms with E-state index in [1.807, 2.05) is 15.6 Å². The van der Waals surface area contributed by atoms with Gasteiger partial charge >= 0.3 is 0 Å². The van der Waals surface area contributed by atoms with Crippen molar-refractivity contribution in [2.45, 2.75) is 32.2 Å². The fraction of sp³-hybridized carbons (Fsp3) is 0.478. The summed E-state index contributed by atoms with van der Waals surface area (Å²) in [5.74, 6) is 2.38. The van der Waals surface area contributed by atoms with Gasteiger partial charge in [-0.3, -0.25) is 0 Å². The Kier molecular flexibility index (Phi) is 5.16. The molecule has 1 saturated carbocycles. The highest BCUT2D eigenvalue weighted by molar-refractivity contribution is 6.29. The average Bonchev–Trinajstić information content (AvgIpc) is 3.31. The predicted octanol–water partition coefficient (Wildman–Crippen LogP) is 4.25. The Morgan fingerprint density at radius 1 is 1.00 bits per heavy atom. The summed E-state index contributed by atoms with van der Waals surface area (Å²) in [5.41, 5.74) is 0.602. The fourth-order valence-electron chi connectivity index (χ4n) is 5.76. The Labute approximate surface area is 195 Å². The summed E-state index contributed by atoms with van der Waals surface area (Å²) >= 11 is 6.07. The quantitative estimate of drug-likeness (QED) is 0.530. The fourth-order valence-corrected chi connectivity index (χ4v) is 5.90. The van der Waals surface area contributed by atoms with Gasteiger partial charge in [0.1, 0.15) is 17.3 Å². The van der Waals surface area contributed by atoms with E-state index in [2.05, 4.69) is 14.9 Å². The van der Waals surface area contributed by atoms with Crippen LogP contribution in [-0.4, -0.2) is 44.4 Å². The van der Waals surface area contributed by atoms with Gasteiger partial charge in [0.05, 0.1) is 0 Å². The predicted molar refractivity (Wildman–Crippen MR) is 121 cm³/mol. The second kappa shape index (κ2) is 8.20. The van der Waals surface area contributed by atoms with Crippen molar-refractivity contribution in [3.63, 3.8) is 0 Å². The lowest BCUT2D eigenvalue weighted by Gasteiger charge is -2.38. The number of anilines is 3. The first kappa shape index (κ1) is 20.8. The standard InChI is InChI=1S/C23H24ClF2N7/c24-20-10-22(28-13-27-20)31-11-14-2-3-15(12-31)17(14)9-21-29-23-32(6-1-7-33(23)30-21)16-4-5-18(25)19(26)8-16/h4-5,8,10,13-15,17H,1-3,6-7,9,11-12H2/t14-,15+,17?. The minimum absolute atomic E-state index is 0.466. The highest BCUT2D eigenvalue weighted by atomic mass is 35.5. The number of hydrogen-bond acceptors (Lipinski definition) is 6. The van der Waals surface area contributed by atoms with Crippen molar-refractivity contribution in [1.82, 2.24) is 24.7 Å². The largest absolute Gasteiger partial charge is 0.356 e. The number of aryl methyl sites for hydroxylation is 1. The van der Waals surface area contributed by atoms with Crippen LogP contribution in [0.15, 0.2) is 30.6 Å². The van der Waals surface area contributed by atoms with E-state index in [1.54, 1.807) is 6.07 Å². The number of piperidine rings is 1. The summed E-state index contributed by atoms with van der Waals surface area (Å²) in [5, 5.41) is 5.26. The number of aromatic nitrogens is 5. The molecule has 3 atom stereocenters. The van der Waals surface area contributed by atoms with E-state index in [-0.39, 0.29) is 0 Å². The number of benzene rings is 1. The lowest BCUT2D eigenvalue weighted by atomic mass is 9.82. The van der Waals surface area contributed by atoms with Crippen LogP contribution >= 0.6 is 11.6 Å². The first-order valence-electron chi connectivity index (χ1n) is 11.4. The normalized spacial score (nSPS) is 24.3. The van der Waals surface area contributed by atoms with Crippen LogP contribution in [0.2, 0.25) is 5.15 Å². The molecule has 3 aliphatic rings. The third-order valence-corrected chi connectivity index (χ3v) is 7.50. The average molecular weight is 472 g/mol. The Hall–Kier alpha value is -2.81. The maximum absolute atomic E-state index is 13.8. The van der Waals surface area contributed by atoms with Crippen molar-refractivity contribution in [2.75, 3.05) is 29.4 Å². The molecule has 33 heavy (non-hydrogen) atoms. The number of halogens is 3. The molecule has 0 N–H and O–H groups in total. The van der Waals surface area contributed by atoms with Gasteiger partial charge in [0.15, 0.2) is 17.5 Å². The van der Waals surface area contributed by atoms with E-state index in [9.17, 15) is 8.78 Å². The number of hydrogen-bond donors (Lipinski definition) is 0. The van der Waals surface area contributed by atoms with E-state index in [1.165, 1.54) is 25.2 Å². The Bertz CT molecular complexity index is 1170. The third-order valence-electron chi connectivity index (χ3n) is 7.29. The van der Waals surface area contributed by atoms with Crippen LogP contribution in [-0.2, 0) is 13.0 Å². The van der Waals surface area contributed by atoms with Crippen molar-refractivity contribution in [1.29, 1.82) is 0 Å². The van der Waals surface area contributed by atoms with Gasteiger partial charge in [0.25, 0.3) is 0 Å². The molecular weight excluding hydrogens is 448 g/mol. The lowest BCUT2D eigenvalue weighted by Crippen LogP contribution is -2.43. The van der Waals surface area contributed by atoms with Crippen molar-refractivity contribution in [2.24, 2.45) is 17.8 Å². The molecule has 4 heterocycles. The molecule has 6 rings (SSSR count). The molecular formula is C23H24ClF2N7. The molecule has 3 aromatic rings. The van der Waals surface area contributed by atoms with Gasteiger partial charge in [0.2, 0.25) is 5.95 Å². The molecule has 2 aliphatic heterocycles. The summed E-state index contributed by atoms with van der Waals surface area (Å²) in [6, 6.07) is 5.82. The molecule has 2 fully saturated rings. The van der Waals surface area contributed by atoms with Crippen molar-refractivity contribution >= 4 is 29.1 Å². The number of fused-ring (bicyclic) bond motifs is 3.